The first kappa shape index (κ1) is 43.8. The van der Waals surface area contributed by atoms with Crippen LogP contribution in [0.15, 0.2) is 0 Å². The number of rotatable bonds is 32. The molecule has 0 aliphatic heterocycles. The van der Waals surface area contributed by atoms with Gasteiger partial charge in [0.15, 0.2) is 4.08 Å². The Morgan fingerprint density at radius 1 is 0.452 bits per heavy atom. The van der Waals surface area contributed by atoms with Crippen LogP contribution in [0.3, 0.4) is 0 Å². The first-order valence-electron chi connectivity index (χ1n) is 18.1. The largest absolute Gasteiger partial charge is 0.481 e. The van der Waals surface area contributed by atoms with Crippen LogP contribution in [0.1, 0.15) is 201 Å². The van der Waals surface area contributed by atoms with E-state index in [1.807, 2.05) is 6.92 Å². The fourth-order valence-corrected chi connectivity index (χ4v) is 7.49. The zero-order valence-corrected chi connectivity index (χ0v) is 30.2. The molecule has 0 heterocycles. The third kappa shape index (κ3) is 34.1. The SMILES string of the molecule is CCC(=O)O.CCCCCCCCCCCCCCCCCCSC(C)(SCCCCCCCCCCCC)C(=O)O. The highest BCUT2D eigenvalue weighted by atomic mass is 32.2. The van der Waals surface area contributed by atoms with E-state index in [1.54, 1.807) is 30.4 Å². The highest BCUT2D eigenvalue weighted by molar-refractivity contribution is 8.19. The fourth-order valence-electron chi connectivity index (χ4n) is 4.94. The molecule has 0 aromatic carbocycles. The lowest BCUT2D eigenvalue weighted by molar-refractivity contribution is -0.137. The third-order valence-electron chi connectivity index (χ3n) is 7.94. The average Bonchev–Trinajstić information content (AvgIpc) is 2.97. The van der Waals surface area contributed by atoms with Gasteiger partial charge in [-0.1, -0.05) is 175 Å². The van der Waals surface area contributed by atoms with E-state index in [4.69, 9.17) is 5.11 Å². The summed E-state index contributed by atoms with van der Waals surface area (Å²) in [6, 6.07) is 0. The number of hydrogen-bond donors (Lipinski definition) is 2. The Morgan fingerprint density at radius 3 is 0.857 bits per heavy atom. The maximum Gasteiger partial charge on any atom is 0.329 e. The highest BCUT2D eigenvalue weighted by Gasteiger charge is 2.33. The van der Waals surface area contributed by atoms with Gasteiger partial charge in [0, 0.05) is 6.42 Å². The summed E-state index contributed by atoms with van der Waals surface area (Å²) in [6.07, 6.45) is 35.7. The first-order valence-corrected chi connectivity index (χ1v) is 20.0. The Labute approximate surface area is 271 Å². The molecule has 1 unspecified atom stereocenters. The molecule has 0 radical (unpaired) electrons. The van der Waals surface area contributed by atoms with Crippen LogP contribution >= 0.6 is 23.5 Å². The summed E-state index contributed by atoms with van der Waals surface area (Å²) >= 11 is 3.32. The van der Waals surface area contributed by atoms with Gasteiger partial charge < -0.3 is 10.2 Å². The Hall–Kier alpha value is -0.360. The van der Waals surface area contributed by atoms with Crippen LogP contribution in [0.5, 0.6) is 0 Å². The minimum absolute atomic E-state index is 0.222. The van der Waals surface area contributed by atoms with Gasteiger partial charge in [-0.25, -0.2) is 4.79 Å². The van der Waals surface area contributed by atoms with Gasteiger partial charge in [-0.2, -0.15) is 0 Å². The lowest BCUT2D eigenvalue weighted by atomic mass is 10.0. The van der Waals surface area contributed by atoms with Gasteiger partial charge in [-0.15, -0.1) is 23.5 Å². The van der Waals surface area contributed by atoms with E-state index in [9.17, 15) is 14.7 Å². The van der Waals surface area contributed by atoms with Crippen molar-refractivity contribution in [2.45, 2.75) is 205 Å². The van der Waals surface area contributed by atoms with Crippen LogP contribution in [-0.4, -0.2) is 37.7 Å². The van der Waals surface area contributed by atoms with E-state index < -0.39 is 16.0 Å². The Kier molecular flexibility index (Phi) is 36.6. The minimum Gasteiger partial charge on any atom is -0.481 e. The van der Waals surface area contributed by atoms with E-state index in [1.165, 1.54) is 154 Å². The minimum atomic E-state index is -0.745. The molecule has 1 atom stereocenters. The van der Waals surface area contributed by atoms with Crippen molar-refractivity contribution >= 4 is 35.5 Å². The molecule has 6 heteroatoms. The Bertz CT molecular complexity index is 573. The molecule has 0 rings (SSSR count). The van der Waals surface area contributed by atoms with Crippen molar-refractivity contribution in [2.75, 3.05) is 11.5 Å². The van der Waals surface area contributed by atoms with E-state index in [0.717, 1.165) is 24.3 Å². The van der Waals surface area contributed by atoms with Crippen molar-refractivity contribution in [1.82, 2.24) is 0 Å². The molecule has 2 N–H and O–H groups in total. The summed E-state index contributed by atoms with van der Waals surface area (Å²) in [5.74, 6) is 0.563. The van der Waals surface area contributed by atoms with Crippen molar-refractivity contribution in [1.29, 1.82) is 0 Å². The molecule has 4 nitrogen and oxygen atoms in total. The summed E-state index contributed by atoms with van der Waals surface area (Å²) in [6.45, 7) is 8.08. The average molecular weight is 633 g/mol. The van der Waals surface area contributed by atoms with Gasteiger partial charge in [0.25, 0.3) is 0 Å². The quantitative estimate of drug-likeness (QED) is 0.0567. The second-order valence-electron chi connectivity index (χ2n) is 12.2. The number of unbranched alkanes of at least 4 members (excludes halogenated alkanes) is 24. The van der Waals surface area contributed by atoms with Gasteiger partial charge in [0.1, 0.15) is 0 Å². The molecule has 0 aromatic rings. The molecule has 0 bridgehead atoms. The normalized spacial score (nSPS) is 12.5. The molecule has 42 heavy (non-hydrogen) atoms. The van der Waals surface area contributed by atoms with Gasteiger partial charge in [0.2, 0.25) is 0 Å². The molecule has 0 amide bonds. The van der Waals surface area contributed by atoms with Gasteiger partial charge in [-0.3, -0.25) is 4.79 Å². The van der Waals surface area contributed by atoms with E-state index in [0.29, 0.717) is 0 Å². The molecular weight excluding hydrogens is 561 g/mol. The molecule has 252 valence electrons. The zero-order valence-electron chi connectivity index (χ0n) is 28.5. The summed E-state index contributed by atoms with van der Waals surface area (Å²) in [4.78, 5) is 21.3. The molecule has 0 saturated carbocycles. The van der Waals surface area contributed by atoms with E-state index in [2.05, 4.69) is 13.8 Å². The van der Waals surface area contributed by atoms with Crippen LogP contribution in [0.25, 0.3) is 0 Å². The van der Waals surface area contributed by atoms with Crippen LogP contribution in [0, 0.1) is 0 Å². The smallest absolute Gasteiger partial charge is 0.329 e. The second-order valence-corrected chi connectivity index (χ2v) is 15.5. The Morgan fingerprint density at radius 2 is 0.667 bits per heavy atom. The predicted molar refractivity (Wildman–Crippen MR) is 190 cm³/mol. The van der Waals surface area contributed by atoms with E-state index in [-0.39, 0.29) is 6.42 Å². The van der Waals surface area contributed by atoms with E-state index >= 15 is 0 Å². The van der Waals surface area contributed by atoms with Crippen molar-refractivity contribution in [3.8, 4) is 0 Å². The van der Waals surface area contributed by atoms with Crippen LogP contribution < -0.4 is 0 Å². The monoisotopic (exact) mass is 632 g/mol. The summed E-state index contributed by atoms with van der Waals surface area (Å²) in [5.41, 5.74) is 0. The third-order valence-corrected chi connectivity index (χ3v) is 11.1. The number of carbonyl (C=O) groups is 2. The van der Waals surface area contributed by atoms with Crippen molar-refractivity contribution in [3.63, 3.8) is 0 Å². The topological polar surface area (TPSA) is 74.6 Å². The van der Waals surface area contributed by atoms with Crippen molar-refractivity contribution < 1.29 is 19.8 Å². The molecule has 0 aromatic heterocycles. The number of thioether (sulfide) groups is 2. The lowest BCUT2D eigenvalue weighted by Gasteiger charge is -2.23. The second kappa shape index (κ2) is 35.1. The number of aliphatic carboxylic acids is 2. The Balaban J connectivity index is 0. The standard InChI is InChI=1S/C33H66O2S2.C3H6O2/c1-4-6-8-10-12-14-16-17-18-19-20-21-23-25-27-29-31-37-33(3,32(34)35)36-30-28-26-24-22-15-13-11-9-7-5-2;1-2-3(4)5/h4-31H2,1-3H3,(H,34,35);2H2,1H3,(H,4,5). The molecule has 0 aliphatic carbocycles. The molecule has 0 spiro atoms. The maximum atomic E-state index is 11.9. The van der Waals surface area contributed by atoms with Crippen molar-refractivity contribution in [3.05, 3.63) is 0 Å². The fraction of sp³-hybridized carbons (Fsp3) is 0.944. The predicted octanol–water partition coefficient (Wildman–Crippen LogP) is 12.9. The number of carboxylic acids is 2. The van der Waals surface area contributed by atoms with Crippen LogP contribution in [0.2, 0.25) is 0 Å². The van der Waals surface area contributed by atoms with Crippen LogP contribution in [0.4, 0.5) is 0 Å². The molecule has 0 aliphatic rings. The first-order chi connectivity index (χ1) is 20.3. The zero-order chi connectivity index (χ0) is 31.6. The van der Waals surface area contributed by atoms with Crippen molar-refractivity contribution in [2.24, 2.45) is 0 Å². The number of hydrogen-bond acceptors (Lipinski definition) is 4. The van der Waals surface area contributed by atoms with Gasteiger partial charge in [0.05, 0.1) is 0 Å². The lowest BCUT2D eigenvalue weighted by Crippen LogP contribution is -2.28. The number of carboxylic acid groups (broad SMARTS) is 2. The molecular formula is C36H72O4S2. The highest BCUT2D eigenvalue weighted by Crippen LogP contribution is 2.38. The summed E-state index contributed by atoms with van der Waals surface area (Å²) in [5, 5.41) is 17.5. The van der Waals surface area contributed by atoms with Gasteiger partial charge >= 0.3 is 11.9 Å². The van der Waals surface area contributed by atoms with Crippen LogP contribution in [-0.2, 0) is 9.59 Å². The summed E-state index contributed by atoms with van der Waals surface area (Å²) in [7, 11) is 0. The maximum absolute atomic E-state index is 11.9. The summed E-state index contributed by atoms with van der Waals surface area (Å²) < 4.78 is -0.672. The molecule has 0 fully saturated rings. The van der Waals surface area contributed by atoms with Gasteiger partial charge in [-0.05, 0) is 31.3 Å². The molecule has 0 saturated heterocycles.